The van der Waals surface area contributed by atoms with Crippen LogP contribution in [0.2, 0.25) is 0 Å². The number of fused-ring (bicyclic) bond motifs is 1. The van der Waals surface area contributed by atoms with Gasteiger partial charge in [-0.2, -0.15) is 0 Å². The predicted molar refractivity (Wildman–Crippen MR) is 88.4 cm³/mol. The van der Waals surface area contributed by atoms with Crippen molar-refractivity contribution in [2.24, 2.45) is 0 Å². The summed E-state index contributed by atoms with van der Waals surface area (Å²) in [6.45, 7) is 1.52. The summed E-state index contributed by atoms with van der Waals surface area (Å²) in [6, 6.07) is 10.7. The number of rotatable bonds is 4. The molecule has 3 aromatic rings. The maximum atomic E-state index is 12.2. The number of esters is 1. The Balaban J connectivity index is 1.70. The molecule has 6 nitrogen and oxygen atoms in total. The number of benzene rings is 1. The number of ether oxygens (including phenoxy) is 2. The Labute approximate surface area is 150 Å². The number of aromatic nitrogens is 2. The maximum Gasteiger partial charge on any atom is 0.573 e. The zero-order valence-electron chi connectivity index (χ0n) is 14.0. The van der Waals surface area contributed by atoms with E-state index in [0.717, 1.165) is 30.0 Å². The van der Waals surface area contributed by atoms with Gasteiger partial charge in [0.1, 0.15) is 18.0 Å². The minimum atomic E-state index is -4.81. The number of hydrogen-bond donors (Lipinski definition) is 0. The number of aryl methyl sites for hydroxylation is 1. The fourth-order valence-corrected chi connectivity index (χ4v) is 2.45. The number of carbonyl (C=O) groups is 1. The van der Waals surface area contributed by atoms with Gasteiger partial charge in [0, 0.05) is 11.8 Å². The standard InChI is InChI=1S/C18H13F3N2O4/c1-11-3-2-4-15-22-13(9-16(24)23(11)15)10-26-17(25)12-5-7-14(8-6-12)27-18(19,20)21/h2-9H,10H2,1H3. The summed E-state index contributed by atoms with van der Waals surface area (Å²) in [5.74, 6) is -1.21. The van der Waals surface area contributed by atoms with Gasteiger partial charge in [-0.1, -0.05) is 6.07 Å². The van der Waals surface area contributed by atoms with E-state index in [2.05, 4.69) is 9.72 Å². The smallest absolute Gasteiger partial charge is 0.456 e. The van der Waals surface area contributed by atoms with Crippen molar-refractivity contribution in [3.05, 3.63) is 75.8 Å². The van der Waals surface area contributed by atoms with E-state index in [4.69, 9.17) is 4.74 Å². The first-order chi connectivity index (χ1) is 12.7. The molecule has 27 heavy (non-hydrogen) atoms. The third-order valence-electron chi connectivity index (χ3n) is 3.61. The number of alkyl halides is 3. The average molecular weight is 378 g/mol. The Kier molecular flexibility index (Phi) is 4.85. The van der Waals surface area contributed by atoms with Crippen LogP contribution in [0.15, 0.2) is 53.3 Å². The van der Waals surface area contributed by atoms with Gasteiger partial charge < -0.3 is 9.47 Å². The molecule has 0 aliphatic rings. The maximum absolute atomic E-state index is 12.2. The highest BCUT2D eigenvalue weighted by Gasteiger charge is 2.31. The zero-order valence-corrected chi connectivity index (χ0v) is 14.0. The van der Waals surface area contributed by atoms with Gasteiger partial charge in [-0.15, -0.1) is 13.2 Å². The molecular weight excluding hydrogens is 365 g/mol. The van der Waals surface area contributed by atoms with Gasteiger partial charge in [0.25, 0.3) is 5.56 Å². The highest BCUT2D eigenvalue weighted by Crippen LogP contribution is 2.23. The normalized spacial score (nSPS) is 11.4. The van der Waals surface area contributed by atoms with Gasteiger partial charge in [0.05, 0.1) is 11.3 Å². The van der Waals surface area contributed by atoms with Crippen LogP contribution >= 0.6 is 0 Å². The summed E-state index contributed by atoms with van der Waals surface area (Å²) in [7, 11) is 0. The van der Waals surface area contributed by atoms with E-state index in [1.807, 2.05) is 0 Å². The van der Waals surface area contributed by atoms with Crippen molar-refractivity contribution in [3.63, 3.8) is 0 Å². The van der Waals surface area contributed by atoms with Crippen molar-refractivity contribution in [1.29, 1.82) is 0 Å². The van der Waals surface area contributed by atoms with Gasteiger partial charge in [0.2, 0.25) is 0 Å². The van der Waals surface area contributed by atoms with E-state index >= 15 is 0 Å². The molecule has 3 rings (SSSR count). The second kappa shape index (κ2) is 7.10. The SMILES string of the molecule is Cc1cccc2nc(COC(=O)c3ccc(OC(F)(F)F)cc3)cc(=O)n12. The third kappa shape index (κ3) is 4.43. The van der Waals surface area contributed by atoms with Crippen molar-refractivity contribution in [2.75, 3.05) is 0 Å². The number of nitrogens with zero attached hydrogens (tertiary/aromatic N) is 2. The lowest BCUT2D eigenvalue weighted by molar-refractivity contribution is -0.274. The molecule has 0 radical (unpaired) electrons. The first kappa shape index (κ1) is 18.4. The summed E-state index contributed by atoms with van der Waals surface area (Å²) in [5, 5.41) is 0. The van der Waals surface area contributed by atoms with Crippen molar-refractivity contribution in [3.8, 4) is 5.75 Å². The van der Waals surface area contributed by atoms with E-state index in [1.165, 1.54) is 10.5 Å². The van der Waals surface area contributed by atoms with E-state index in [1.54, 1.807) is 25.1 Å². The predicted octanol–water partition coefficient (Wildman–Crippen LogP) is 3.26. The summed E-state index contributed by atoms with van der Waals surface area (Å²) in [5.41, 5.74) is 1.13. The van der Waals surface area contributed by atoms with Crippen LogP contribution in [0, 0.1) is 6.92 Å². The van der Waals surface area contributed by atoms with Crippen LogP contribution in [0.4, 0.5) is 13.2 Å². The van der Waals surface area contributed by atoms with Gasteiger partial charge >= 0.3 is 12.3 Å². The van der Waals surface area contributed by atoms with Crippen molar-refractivity contribution in [2.45, 2.75) is 19.9 Å². The van der Waals surface area contributed by atoms with Crippen molar-refractivity contribution in [1.82, 2.24) is 9.38 Å². The summed E-state index contributed by atoms with van der Waals surface area (Å²) in [6.07, 6.45) is -4.81. The fourth-order valence-electron chi connectivity index (χ4n) is 2.45. The molecular formula is C18H13F3N2O4. The Morgan fingerprint density at radius 1 is 1.15 bits per heavy atom. The quantitative estimate of drug-likeness (QED) is 0.652. The van der Waals surface area contributed by atoms with Crippen LogP contribution in [0.3, 0.4) is 0 Å². The second-order valence-corrected chi connectivity index (χ2v) is 5.59. The molecule has 0 amide bonds. The minimum absolute atomic E-state index is 0.0397. The molecule has 2 aromatic heterocycles. The lowest BCUT2D eigenvalue weighted by Crippen LogP contribution is -2.18. The van der Waals surface area contributed by atoms with Crippen LogP contribution in [-0.2, 0) is 11.3 Å². The first-order valence-electron chi connectivity index (χ1n) is 7.74. The molecule has 0 unspecified atom stereocenters. The summed E-state index contributed by atoms with van der Waals surface area (Å²) in [4.78, 5) is 28.4. The number of halogens is 3. The van der Waals surface area contributed by atoms with Crippen LogP contribution in [-0.4, -0.2) is 21.7 Å². The van der Waals surface area contributed by atoms with Gasteiger partial charge in [-0.3, -0.25) is 9.20 Å². The van der Waals surface area contributed by atoms with E-state index in [9.17, 15) is 22.8 Å². The molecule has 0 aliphatic heterocycles. The highest BCUT2D eigenvalue weighted by atomic mass is 19.4. The second-order valence-electron chi connectivity index (χ2n) is 5.59. The summed E-state index contributed by atoms with van der Waals surface area (Å²) < 4.78 is 46.6. The third-order valence-corrected chi connectivity index (χ3v) is 3.61. The van der Waals surface area contributed by atoms with E-state index < -0.39 is 18.1 Å². The van der Waals surface area contributed by atoms with Crippen molar-refractivity contribution >= 4 is 11.6 Å². The van der Waals surface area contributed by atoms with Crippen LogP contribution in [0.1, 0.15) is 21.7 Å². The molecule has 1 aromatic carbocycles. The highest BCUT2D eigenvalue weighted by molar-refractivity contribution is 5.89. The number of pyridine rings is 1. The molecule has 0 saturated heterocycles. The molecule has 9 heteroatoms. The molecule has 0 bridgehead atoms. The Bertz CT molecular complexity index is 1040. The first-order valence-corrected chi connectivity index (χ1v) is 7.74. The monoisotopic (exact) mass is 378 g/mol. The zero-order chi connectivity index (χ0) is 19.6. The molecule has 140 valence electrons. The minimum Gasteiger partial charge on any atom is -0.456 e. The molecule has 2 heterocycles. The number of carbonyl (C=O) groups excluding carboxylic acids is 1. The molecule has 0 N–H and O–H groups in total. The van der Waals surface area contributed by atoms with Crippen molar-refractivity contribution < 1.29 is 27.4 Å². The fraction of sp³-hybridized carbons (Fsp3) is 0.167. The largest absolute Gasteiger partial charge is 0.573 e. The topological polar surface area (TPSA) is 69.9 Å². The van der Waals surface area contributed by atoms with E-state index in [0.29, 0.717) is 5.65 Å². The number of hydrogen-bond acceptors (Lipinski definition) is 5. The summed E-state index contributed by atoms with van der Waals surface area (Å²) >= 11 is 0. The molecule has 0 saturated carbocycles. The Morgan fingerprint density at radius 3 is 2.52 bits per heavy atom. The van der Waals surface area contributed by atoms with Gasteiger partial charge in [0.15, 0.2) is 0 Å². The van der Waals surface area contributed by atoms with Gasteiger partial charge in [-0.25, -0.2) is 9.78 Å². The van der Waals surface area contributed by atoms with Crippen LogP contribution < -0.4 is 10.3 Å². The van der Waals surface area contributed by atoms with Crippen LogP contribution in [0.25, 0.3) is 5.65 Å². The van der Waals surface area contributed by atoms with Gasteiger partial charge in [-0.05, 0) is 43.3 Å². The van der Waals surface area contributed by atoms with Crippen LogP contribution in [0.5, 0.6) is 5.75 Å². The lowest BCUT2D eigenvalue weighted by atomic mass is 10.2. The molecule has 0 atom stereocenters. The average Bonchev–Trinajstić information content (AvgIpc) is 2.59. The molecule has 0 spiro atoms. The molecule has 0 fully saturated rings. The lowest BCUT2D eigenvalue weighted by Gasteiger charge is -2.09. The Morgan fingerprint density at radius 2 is 1.85 bits per heavy atom. The van der Waals surface area contributed by atoms with E-state index in [-0.39, 0.29) is 23.4 Å². The molecule has 0 aliphatic carbocycles. The Hall–Kier alpha value is -3.36.